The van der Waals surface area contributed by atoms with Crippen molar-refractivity contribution < 1.29 is 4.79 Å². The molecule has 0 saturated carbocycles. The molecule has 1 amide bonds. The number of hydrazone groups is 1. The predicted molar refractivity (Wildman–Crippen MR) is 96.4 cm³/mol. The SMILES string of the molecule is O=C(Cn1nnc(Cn2cnc(Cl)c2Cl)n1)NN=Cc1ccc(Cl)cc1. The number of tetrazole rings is 1. The van der Waals surface area contributed by atoms with Crippen LogP contribution in [0, 0.1) is 0 Å². The zero-order chi connectivity index (χ0) is 18.5. The minimum Gasteiger partial charge on any atom is -0.312 e. The van der Waals surface area contributed by atoms with E-state index >= 15 is 0 Å². The molecule has 1 N–H and O–H groups in total. The van der Waals surface area contributed by atoms with E-state index < -0.39 is 5.91 Å². The number of hydrogen-bond acceptors (Lipinski definition) is 6. The van der Waals surface area contributed by atoms with Gasteiger partial charge in [-0.15, -0.1) is 10.2 Å². The second kappa shape index (κ2) is 8.26. The van der Waals surface area contributed by atoms with Crippen molar-refractivity contribution in [2.45, 2.75) is 13.1 Å². The Hall–Kier alpha value is -2.49. The van der Waals surface area contributed by atoms with Gasteiger partial charge in [-0.25, -0.2) is 10.4 Å². The molecule has 0 fully saturated rings. The van der Waals surface area contributed by atoms with Gasteiger partial charge in [0.2, 0.25) is 0 Å². The molecule has 0 bridgehead atoms. The second-order valence-electron chi connectivity index (χ2n) is 5.03. The largest absolute Gasteiger partial charge is 0.312 e. The first-order valence-corrected chi connectivity index (χ1v) is 8.35. The summed E-state index contributed by atoms with van der Waals surface area (Å²) in [7, 11) is 0. The molecular formula is C14H11Cl3N8O. The van der Waals surface area contributed by atoms with Crippen LogP contribution in [0.2, 0.25) is 15.3 Å². The standard InChI is InChI=1S/C14H11Cl3N8O/c15-10-3-1-9(2-4-10)5-19-21-12(26)7-25-22-11(20-23-25)6-24-8-18-13(16)14(24)17/h1-5,8H,6-7H2,(H,21,26). The molecule has 0 radical (unpaired) electrons. The normalized spacial score (nSPS) is 11.2. The molecule has 12 heteroatoms. The van der Waals surface area contributed by atoms with Crippen LogP contribution in [0.4, 0.5) is 0 Å². The van der Waals surface area contributed by atoms with Crippen molar-refractivity contribution in [3.05, 3.63) is 57.3 Å². The van der Waals surface area contributed by atoms with E-state index in [0.29, 0.717) is 10.8 Å². The summed E-state index contributed by atoms with van der Waals surface area (Å²) in [6, 6.07) is 7.00. The number of imidazole rings is 1. The summed E-state index contributed by atoms with van der Waals surface area (Å²) in [4.78, 5) is 16.9. The number of carbonyl (C=O) groups is 1. The van der Waals surface area contributed by atoms with Crippen molar-refractivity contribution >= 4 is 46.9 Å². The maximum Gasteiger partial charge on any atom is 0.263 e. The fraction of sp³-hybridized carbons (Fsp3) is 0.143. The second-order valence-corrected chi connectivity index (χ2v) is 6.19. The lowest BCUT2D eigenvalue weighted by Crippen LogP contribution is -2.24. The lowest BCUT2D eigenvalue weighted by Gasteiger charge is -1.99. The van der Waals surface area contributed by atoms with Gasteiger partial charge in [-0.1, -0.05) is 46.9 Å². The van der Waals surface area contributed by atoms with E-state index in [9.17, 15) is 4.79 Å². The van der Waals surface area contributed by atoms with Gasteiger partial charge in [0.05, 0.1) is 19.1 Å². The lowest BCUT2D eigenvalue weighted by molar-refractivity contribution is -0.122. The van der Waals surface area contributed by atoms with Crippen molar-refractivity contribution in [2.24, 2.45) is 5.10 Å². The molecule has 3 aromatic rings. The highest BCUT2D eigenvalue weighted by atomic mass is 35.5. The molecule has 0 saturated heterocycles. The summed E-state index contributed by atoms with van der Waals surface area (Å²) >= 11 is 17.5. The van der Waals surface area contributed by atoms with Gasteiger partial charge in [0.25, 0.3) is 5.91 Å². The summed E-state index contributed by atoms with van der Waals surface area (Å²) in [5, 5.41) is 16.7. The molecule has 0 aliphatic carbocycles. The van der Waals surface area contributed by atoms with Gasteiger partial charge in [-0.05, 0) is 22.9 Å². The van der Waals surface area contributed by atoms with E-state index in [1.165, 1.54) is 12.5 Å². The van der Waals surface area contributed by atoms with Gasteiger partial charge in [0.15, 0.2) is 11.0 Å². The summed E-state index contributed by atoms with van der Waals surface area (Å²) in [5.74, 6) is -0.0405. The number of benzene rings is 1. The van der Waals surface area contributed by atoms with Gasteiger partial charge < -0.3 is 4.57 Å². The Morgan fingerprint density at radius 2 is 2.00 bits per heavy atom. The fourth-order valence-corrected chi connectivity index (χ4v) is 2.33. The average molecular weight is 414 g/mol. The van der Waals surface area contributed by atoms with Crippen LogP contribution in [-0.4, -0.2) is 41.9 Å². The molecule has 134 valence electrons. The number of amides is 1. The third-order valence-electron chi connectivity index (χ3n) is 3.10. The third kappa shape index (κ3) is 4.78. The highest BCUT2D eigenvalue weighted by molar-refractivity contribution is 6.40. The first-order valence-electron chi connectivity index (χ1n) is 7.21. The summed E-state index contributed by atoms with van der Waals surface area (Å²) < 4.78 is 1.56. The van der Waals surface area contributed by atoms with Crippen LogP contribution in [0.25, 0.3) is 0 Å². The van der Waals surface area contributed by atoms with Crippen molar-refractivity contribution in [1.29, 1.82) is 0 Å². The fourth-order valence-electron chi connectivity index (χ4n) is 1.90. The van der Waals surface area contributed by atoms with E-state index in [2.05, 4.69) is 30.9 Å². The maximum absolute atomic E-state index is 11.9. The quantitative estimate of drug-likeness (QED) is 0.492. The minimum absolute atomic E-state index is 0.136. The topological polar surface area (TPSA) is 103 Å². The van der Waals surface area contributed by atoms with Crippen LogP contribution in [0.1, 0.15) is 11.4 Å². The van der Waals surface area contributed by atoms with Crippen molar-refractivity contribution in [2.75, 3.05) is 0 Å². The van der Waals surface area contributed by atoms with Crippen LogP contribution >= 0.6 is 34.8 Å². The molecular weight excluding hydrogens is 403 g/mol. The number of aromatic nitrogens is 6. The number of nitrogens with one attached hydrogen (secondary N) is 1. The van der Waals surface area contributed by atoms with Gasteiger partial charge in [0, 0.05) is 5.02 Å². The van der Waals surface area contributed by atoms with Gasteiger partial charge in [-0.3, -0.25) is 4.79 Å². The predicted octanol–water partition coefficient (Wildman–Crippen LogP) is 2.03. The van der Waals surface area contributed by atoms with Crippen LogP contribution < -0.4 is 5.43 Å². The molecule has 0 aliphatic rings. The first-order chi connectivity index (χ1) is 12.5. The number of rotatable bonds is 6. The van der Waals surface area contributed by atoms with Crippen molar-refractivity contribution in [3.8, 4) is 0 Å². The molecule has 0 aliphatic heterocycles. The van der Waals surface area contributed by atoms with E-state index in [0.717, 1.165) is 10.4 Å². The molecule has 0 atom stereocenters. The smallest absolute Gasteiger partial charge is 0.263 e. The Bertz CT molecular complexity index is 934. The van der Waals surface area contributed by atoms with Gasteiger partial charge in [0.1, 0.15) is 11.7 Å². The Kier molecular flexibility index (Phi) is 5.82. The van der Waals surface area contributed by atoms with E-state index in [-0.39, 0.29) is 23.4 Å². The van der Waals surface area contributed by atoms with Gasteiger partial charge in [-0.2, -0.15) is 9.90 Å². The molecule has 2 aromatic heterocycles. The maximum atomic E-state index is 11.9. The Labute approximate surface area is 162 Å². The number of halogens is 3. The Balaban J connectivity index is 1.52. The third-order valence-corrected chi connectivity index (χ3v) is 4.12. The van der Waals surface area contributed by atoms with Crippen LogP contribution in [0.5, 0.6) is 0 Å². The number of carbonyl (C=O) groups excluding carboxylic acids is 1. The van der Waals surface area contributed by atoms with E-state index in [4.69, 9.17) is 34.8 Å². The van der Waals surface area contributed by atoms with Crippen LogP contribution in [0.3, 0.4) is 0 Å². The molecule has 9 nitrogen and oxygen atoms in total. The summed E-state index contributed by atoms with van der Waals surface area (Å²) in [5.41, 5.74) is 3.18. The molecule has 26 heavy (non-hydrogen) atoms. The molecule has 1 aromatic carbocycles. The minimum atomic E-state index is -0.400. The van der Waals surface area contributed by atoms with E-state index in [1.807, 2.05) is 0 Å². The molecule has 3 rings (SSSR count). The van der Waals surface area contributed by atoms with Crippen LogP contribution in [0.15, 0.2) is 35.7 Å². The molecule has 2 heterocycles. The Morgan fingerprint density at radius 3 is 2.69 bits per heavy atom. The average Bonchev–Trinajstić information content (AvgIpc) is 3.18. The summed E-state index contributed by atoms with van der Waals surface area (Å²) in [6.45, 7) is 0.0955. The monoisotopic (exact) mass is 412 g/mol. The lowest BCUT2D eigenvalue weighted by atomic mass is 10.2. The zero-order valence-electron chi connectivity index (χ0n) is 13.1. The molecule has 0 spiro atoms. The zero-order valence-corrected chi connectivity index (χ0v) is 15.3. The van der Waals surface area contributed by atoms with Crippen molar-refractivity contribution in [1.82, 2.24) is 35.2 Å². The first kappa shape index (κ1) is 18.3. The highest BCUT2D eigenvalue weighted by Gasteiger charge is 2.11. The van der Waals surface area contributed by atoms with Crippen LogP contribution in [-0.2, 0) is 17.9 Å². The van der Waals surface area contributed by atoms with E-state index in [1.54, 1.807) is 28.8 Å². The Morgan fingerprint density at radius 1 is 1.23 bits per heavy atom. The number of hydrogen-bond donors (Lipinski definition) is 1. The van der Waals surface area contributed by atoms with Gasteiger partial charge >= 0.3 is 0 Å². The highest BCUT2D eigenvalue weighted by Crippen LogP contribution is 2.19. The molecule has 0 unspecified atom stereocenters. The van der Waals surface area contributed by atoms with Crippen molar-refractivity contribution in [3.63, 3.8) is 0 Å². The summed E-state index contributed by atoms with van der Waals surface area (Å²) in [6.07, 6.45) is 2.96. The number of nitrogens with zero attached hydrogens (tertiary/aromatic N) is 7.